The molecule has 2 heterocycles. The van der Waals surface area contributed by atoms with Crippen molar-refractivity contribution in [3.05, 3.63) is 48.5 Å². The highest BCUT2D eigenvalue weighted by molar-refractivity contribution is 7.70. The van der Waals surface area contributed by atoms with Crippen LogP contribution in [0.3, 0.4) is 0 Å². The molecule has 1 aromatic carbocycles. The largest absolute Gasteiger partial charge is 0.364 e. The third-order valence-corrected chi connectivity index (χ3v) is 7.64. The zero-order valence-electron chi connectivity index (χ0n) is 16.0. The lowest BCUT2D eigenvalue weighted by Crippen LogP contribution is -2.04. The number of aryl methyl sites for hydroxylation is 1. The molecule has 162 valence electrons. The van der Waals surface area contributed by atoms with E-state index in [1.54, 1.807) is 6.33 Å². The number of fused-ring (bicyclic) bond motifs is 1. The highest BCUT2D eigenvalue weighted by Gasteiger charge is 2.30. The predicted molar refractivity (Wildman–Crippen MR) is 111 cm³/mol. The van der Waals surface area contributed by atoms with Gasteiger partial charge in [0, 0.05) is 13.1 Å². The van der Waals surface area contributed by atoms with Gasteiger partial charge in [-0.3, -0.25) is 9.13 Å². The van der Waals surface area contributed by atoms with Crippen LogP contribution in [0.1, 0.15) is 18.4 Å². The summed E-state index contributed by atoms with van der Waals surface area (Å²) in [6.45, 7) is 1.06. The van der Waals surface area contributed by atoms with Crippen molar-refractivity contribution in [3.63, 3.8) is 0 Å². The van der Waals surface area contributed by atoms with E-state index in [-0.39, 0.29) is 6.61 Å². The summed E-state index contributed by atoms with van der Waals surface area (Å²) in [7, 11) is -8.92. The lowest BCUT2D eigenvalue weighted by molar-refractivity contribution is 0.253. The fraction of sp³-hybridized carbons (Fsp3) is 0.353. The van der Waals surface area contributed by atoms with E-state index in [4.69, 9.17) is 14.3 Å². The van der Waals surface area contributed by atoms with Gasteiger partial charge < -0.3 is 29.1 Å². The molecule has 0 saturated heterocycles. The Kier molecular flexibility index (Phi) is 7.36. The van der Waals surface area contributed by atoms with Crippen molar-refractivity contribution < 1.29 is 28.3 Å². The molecular formula is C17H23N5O6P2. The summed E-state index contributed by atoms with van der Waals surface area (Å²) in [4.78, 5) is 39.9. The van der Waals surface area contributed by atoms with Crippen LogP contribution in [0.5, 0.6) is 0 Å². The number of benzene rings is 1. The van der Waals surface area contributed by atoms with Gasteiger partial charge in [0.15, 0.2) is 17.4 Å². The normalized spacial score (nSPS) is 14.0. The quantitative estimate of drug-likeness (QED) is 0.250. The van der Waals surface area contributed by atoms with E-state index >= 15 is 0 Å². The molecule has 0 spiro atoms. The highest BCUT2D eigenvalue weighted by atomic mass is 31.2. The molecule has 3 aromatic rings. The Morgan fingerprint density at radius 1 is 1.03 bits per heavy atom. The number of hydrogen-bond donors (Lipinski definition) is 4. The van der Waals surface area contributed by atoms with Gasteiger partial charge >= 0.3 is 15.2 Å². The molecule has 0 aliphatic heterocycles. The van der Waals surface area contributed by atoms with Crippen molar-refractivity contribution in [3.8, 4) is 0 Å². The first-order chi connectivity index (χ1) is 14.2. The molecule has 0 aliphatic rings. The first-order valence-electron chi connectivity index (χ1n) is 9.18. The highest BCUT2D eigenvalue weighted by Crippen LogP contribution is 2.55. The Morgan fingerprint density at radius 2 is 1.80 bits per heavy atom. The minimum absolute atomic E-state index is 0.0841. The number of nitrogens with one attached hydrogen (secondary N) is 1. The van der Waals surface area contributed by atoms with Gasteiger partial charge in [0.25, 0.3) is 0 Å². The standard InChI is InChI=1S/C17H23N5O6P2/c23-29(24,25)13-30(26,27)28-9-5-4-8-22-12-21-15-16(19-11-20-17(15)22)18-10-14-6-2-1-3-7-14/h1-3,6-7,11-12H,4-5,8-10,13H2,(H,26,27)(H,18,19,20)(H2,23,24,25). The van der Waals surface area contributed by atoms with Crippen molar-refractivity contribution >= 4 is 32.2 Å². The minimum Gasteiger partial charge on any atom is -0.364 e. The fourth-order valence-corrected chi connectivity index (χ4v) is 5.42. The number of nitrogens with zero attached hydrogens (tertiary/aromatic N) is 4. The number of unbranched alkanes of at least 4 members (excludes halogenated alkanes) is 1. The van der Waals surface area contributed by atoms with Crippen LogP contribution in [0.25, 0.3) is 11.2 Å². The summed E-state index contributed by atoms with van der Waals surface area (Å²) in [5, 5.41) is 3.26. The van der Waals surface area contributed by atoms with Gasteiger partial charge in [0.05, 0.1) is 12.9 Å². The van der Waals surface area contributed by atoms with Crippen LogP contribution in [0.4, 0.5) is 5.82 Å². The molecule has 3 rings (SSSR count). The summed E-state index contributed by atoms with van der Waals surface area (Å²) in [6.07, 6.45) is 4.13. The Bertz CT molecular complexity index is 1070. The molecule has 0 amide bonds. The molecular weight excluding hydrogens is 432 g/mol. The van der Waals surface area contributed by atoms with Gasteiger partial charge in [-0.2, -0.15) is 0 Å². The maximum Gasteiger partial charge on any atom is 0.340 e. The molecule has 0 bridgehead atoms. The fourth-order valence-electron chi connectivity index (χ4n) is 2.82. The van der Waals surface area contributed by atoms with E-state index in [1.165, 1.54) is 6.33 Å². The van der Waals surface area contributed by atoms with E-state index in [9.17, 15) is 14.0 Å². The summed E-state index contributed by atoms with van der Waals surface area (Å²) in [5.74, 6) is -0.549. The third-order valence-electron chi connectivity index (χ3n) is 4.15. The lowest BCUT2D eigenvalue weighted by Gasteiger charge is -2.12. The van der Waals surface area contributed by atoms with Crippen LogP contribution in [0.15, 0.2) is 43.0 Å². The van der Waals surface area contributed by atoms with Crippen molar-refractivity contribution in [1.29, 1.82) is 0 Å². The topological polar surface area (TPSA) is 160 Å². The number of hydrogen-bond acceptors (Lipinski definition) is 7. The molecule has 0 saturated carbocycles. The molecule has 0 fully saturated rings. The van der Waals surface area contributed by atoms with Gasteiger partial charge in [0.2, 0.25) is 0 Å². The van der Waals surface area contributed by atoms with Crippen LogP contribution < -0.4 is 5.32 Å². The first-order valence-corrected chi connectivity index (χ1v) is 12.7. The van der Waals surface area contributed by atoms with Crippen LogP contribution >= 0.6 is 15.2 Å². The first kappa shape index (κ1) is 22.6. The lowest BCUT2D eigenvalue weighted by atomic mass is 10.2. The van der Waals surface area contributed by atoms with E-state index in [0.717, 1.165) is 5.56 Å². The van der Waals surface area contributed by atoms with Crippen LogP contribution in [0, 0.1) is 0 Å². The molecule has 0 aliphatic carbocycles. The van der Waals surface area contributed by atoms with Crippen molar-refractivity contribution in [1.82, 2.24) is 19.5 Å². The zero-order valence-corrected chi connectivity index (χ0v) is 17.8. The van der Waals surface area contributed by atoms with Gasteiger partial charge in [0.1, 0.15) is 11.8 Å². The summed E-state index contributed by atoms with van der Waals surface area (Å²) < 4.78 is 29.0. The molecule has 13 heteroatoms. The van der Waals surface area contributed by atoms with E-state index in [2.05, 4.69) is 20.3 Å². The van der Waals surface area contributed by atoms with Crippen LogP contribution in [-0.2, 0) is 26.7 Å². The Morgan fingerprint density at radius 3 is 2.53 bits per heavy atom. The Labute approximate surface area is 172 Å². The van der Waals surface area contributed by atoms with Gasteiger partial charge in [-0.25, -0.2) is 15.0 Å². The van der Waals surface area contributed by atoms with Crippen molar-refractivity contribution in [2.24, 2.45) is 0 Å². The maximum absolute atomic E-state index is 11.6. The number of rotatable bonds is 11. The average molecular weight is 455 g/mol. The minimum atomic E-state index is -4.61. The molecule has 0 radical (unpaired) electrons. The van der Waals surface area contributed by atoms with Gasteiger partial charge in [-0.05, 0) is 18.4 Å². The zero-order chi connectivity index (χ0) is 21.6. The predicted octanol–water partition coefficient (Wildman–Crippen LogP) is 2.56. The Hall–Kier alpha value is -2.13. The summed E-state index contributed by atoms with van der Waals surface area (Å²) in [5.41, 5.74) is 2.42. The summed E-state index contributed by atoms with van der Waals surface area (Å²) in [6, 6.07) is 9.91. The second-order valence-corrected chi connectivity index (χ2v) is 10.6. The number of aromatic nitrogens is 4. The number of imidazole rings is 1. The Balaban J connectivity index is 1.52. The van der Waals surface area contributed by atoms with Crippen molar-refractivity contribution in [2.45, 2.75) is 25.9 Å². The second kappa shape index (κ2) is 9.78. The second-order valence-electron chi connectivity index (χ2n) is 6.66. The van der Waals surface area contributed by atoms with E-state index < -0.39 is 21.1 Å². The monoisotopic (exact) mass is 455 g/mol. The molecule has 30 heavy (non-hydrogen) atoms. The van der Waals surface area contributed by atoms with Crippen LogP contribution in [0.2, 0.25) is 0 Å². The van der Waals surface area contributed by atoms with Gasteiger partial charge in [-0.15, -0.1) is 0 Å². The SMILES string of the molecule is O=P(O)(O)CP(=O)(O)OCCCCn1cnc2c(NCc3ccccc3)ncnc21. The maximum atomic E-state index is 11.6. The molecule has 4 N–H and O–H groups in total. The molecule has 11 nitrogen and oxygen atoms in total. The van der Waals surface area contributed by atoms with Crippen molar-refractivity contribution in [2.75, 3.05) is 17.8 Å². The molecule has 1 unspecified atom stereocenters. The number of anilines is 1. The van der Waals surface area contributed by atoms with Gasteiger partial charge in [-0.1, -0.05) is 30.3 Å². The van der Waals surface area contributed by atoms with E-state index in [0.29, 0.717) is 42.9 Å². The van der Waals surface area contributed by atoms with E-state index in [1.807, 2.05) is 34.9 Å². The average Bonchev–Trinajstić information content (AvgIpc) is 3.09. The smallest absolute Gasteiger partial charge is 0.340 e. The molecule has 1 atom stereocenters. The third kappa shape index (κ3) is 6.70. The summed E-state index contributed by atoms with van der Waals surface area (Å²) >= 11 is 0. The molecule has 2 aromatic heterocycles. The van der Waals surface area contributed by atoms with Crippen LogP contribution in [-0.4, -0.2) is 46.7 Å².